The zero-order chi connectivity index (χ0) is 20.1. The quantitative estimate of drug-likeness (QED) is 0.721. The predicted octanol–water partition coefficient (Wildman–Crippen LogP) is 3.72. The number of carbonyl (C=O) groups is 2. The molecule has 0 spiro atoms. The number of hydrogen-bond acceptors (Lipinski definition) is 4. The van der Waals surface area contributed by atoms with Crippen LogP contribution in [0.4, 0.5) is 9.93 Å². The molecule has 148 valence electrons. The molecule has 1 fully saturated rings. The summed E-state index contributed by atoms with van der Waals surface area (Å²) in [5, 5.41) is 2.67. The standard InChI is InChI=1S/C21H26N4O2S/c1-4-12-25(20-22-18(15-28-20)16-8-6-5-7-9-16)19(26)17-10-13-24(14-11-17)21(27)23(2)3/h4-9,15,17H,1,10-14H2,2-3H3. The fourth-order valence-electron chi connectivity index (χ4n) is 3.34. The van der Waals surface area contributed by atoms with Gasteiger partial charge < -0.3 is 9.80 Å². The SMILES string of the molecule is C=CCN(C(=O)C1CCN(C(=O)N(C)C)CC1)c1nc(-c2ccccc2)cs1. The maximum Gasteiger partial charge on any atom is 0.319 e. The Morgan fingerprint density at radius 3 is 2.54 bits per heavy atom. The van der Waals surface area contributed by atoms with Gasteiger partial charge in [-0.25, -0.2) is 9.78 Å². The normalized spacial score (nSPS) is 14.6. The van der Waals surface area contributed by atoms with Gasteiger partial charge in [0, 0.05) is 50.6 Å². The summed E-state index contributed by atoms with van der Waals surface area (Å²) in [7, 11) is 3.50. The molecule has 2 aromatic rings. The highest BCUT2D eigenvalue weighted by Gasteiger charge is 2.31. The molecular formula is C21H26N4O2S. The number of nitrogens with zero attached hydrogens (tertiary/aromatic N) is 4. The molecule has 1 aromatic carbocycles. The first-order valence-corrected chi connectivity index (χ1v) is 10.3. The van der Waals surface area contributed by atoms with Gasteiger partial charge in [-0.1, -0.05) is 36.4 Å². The van der Waals surface area contributed by atoms with E-state index in [1.807, 2.05) is 35.7 Å². The van der Waals surface area contributed by atoms with E-state index in [1.165, 1.54) is 11.3 Å². The van der Waals surface area contributed by atoms with Crippen molar-refractivity contribution >= 4 is 28.4 Å². The Labute approximate surface area is 170 Å². The number of carbonyl (C=O) groups excluding carboxylic acids is 2. The lowest BCUT2D eigenvalue weighted by Crippen LogP contribution is -2.47. The number of aromatic nitrogens is 1. The van der Waals surface area contributed by atoms with Crippen LogP contribution in [0.2, 0.25) is 0 Å². The molecule has 1 aliphatic rings. The van der Waals surface area contributed by atoms with Crippen LogP contribution in [0, 0.1) is 5.92 Å². The first-order chi connectivity index (χ1) is 13.5. The summed E-state index contributed by atoms with van der Waals surface area (Å²) in [5.74, 6) is -0.0407. The molecule has 0 N–H and O–H groups in total. The van der Waals surface area contributed by atoms with Crippen molar-refractivity contribution in [2.45, 2.75) is 12.8 Å². The number of anilines is 1. The second-order valence-corrected chi connectivity index (χ2v) is 7.89. The van der Waals surface area contributed by atoms with Gasteiger partial charge in [-0.3, -0.25) is 9.69 Å². The second-order valence-electron chi connectivity index (χ2n) is 7.06. The Bertz CT molecular complexity index is 826. The van der Waals surface area contributed by atoms with E-state index in [1.54, 1.807) is 34.9 Å². The van der Waals surface area contributed by atoms with Gasteiger partial charge in [-0.15, -0.1) is 17.9 Å². The molecule has 1 aromatic heterocycles. The first-order valence-electron chi connectivity index (χ1n) is 9.40. The minimum Gasteiger partial charge on any atom is -0.331 e. The predicted molar refractivity (Wildman–Crippen MR) is 113 cm³/mol. The molecule has 7 heteroatoms. The van der Waals surface area contributed by atoms with Crippen LogP contribution in [0.3, 0.4) is 0 Å². The lowest BCUT2D eigenvalue weighted by Gasteiger charge is -2.34. The van der Waals surface area contributed by atoms with Crippen LogP contribution >= 0.6 is 11.3 Å². The number of rotatable bonds is 5. The van der Waals surface area contributed by atoms with Gasteiger partial charge in [-0.2, -0.15) is 0 Å². The lowest BCUT2D eigenvalue weighted by atomic mass is 9.95. The molecule has 0 radical (unpaired) electrons. The third kappa shape index (κ3) is 4.42. The third-order valence-corrected chi connectivity index (χ3v) is 5.73. The number of thiazole rings is 1. The molecule has 0 bridgehead atoms. The maximum atomic E-state index is 13.2. The molecule has 1 saturated heterocycles. The number of piperidine rings is 1. The molecule has 3 amide bonds. The molecule has 3 rings (SSSR count). The fraction of sp³-hybridized carbons (Fsp3) is 0.381. The molecule has 28 heavy (non-hydrogen) atoms. The van der Waals surface area contributed by atoms with E-state index >= 15 is 0 Å². The molecule has 2 heterocycles. The Kier molecular flexibility index (Phi) is 6.46. The minimum absolute atomic E-state index is 0.00118. The summed E-state index contributed by atoms with van der Waals surface area (Å²) in [4.78, 5) is 35.1. The summed E-state index contributed by atoms with van der Waals surface area (Å²) in [6.07, 6.45) is 3.07. The van der Waals surface area contributed by atoms with Crippen LogP contribution in [0.15, 0.2) is 48.4 Å². The number of hydrogen-bond donors (Lipinski definition) is 0. The van der Waals surface area contributed by atoms with E-state index in [0.717, 1.165) is 11.3 Å². The van der Waals surface area contributed by atoms with Gasteiger partial charge in [0.2, 0.25) is 5.91 Å². The maximum absolute atomic E-state index is 13.2. The highest BCUT2D eigenvalue weighted by molar-refractivity contribution is 7.14. The molecule has 0 atom stereocenters. The summed E-state index contributed by atoms with van der Waals surface area (Å²) >= 11 is 1.47. The van der Waals surface area contributed by atoms with Crippen molar-refractivity contribution < 1.29 is 9.59 Å². The molecule has 0 aliphatic carbocycles. The van der Waals surface area contributed by atoms with Crippen molar-refractivity contribution in [2.75, 3.05) is 38.6 Å². The monoisotopic (exact) mass is 398 g/mol. The zero-order valence-electron chi connectivity index (χ0n) is 16.4. The van der Waals surface area contributed by atoms with E-state index in [2.05, 4.69) is 11.6 Å². The van der Waals surface area contributed by atoms with Crippen LogP contribution in [-0.4, -0.2) is 60.5 Å². The van der Waals surface area contributed by atoms with Gasteiger partial charge in [0.15, 0.2) is 5.13 Å². The smallest absolute Gasteiger partial charge is 0.319 e. The van der Waals surface area contributed by atoms with Crippen molar-refractivity contribution in [3.05, 3.63) is 48.4 Å². The van der Waals surface area contributed by atoms with Gasteiger partial charge in [-0.05, 0) is 12.8 Å². The van der Waals surface area contributed by atoms with Crippen molar-refractivity contribution in [3.8, 4) is 11.3 Å². The lowest BCUT2D eigenvalue weighted by molar-refractivity contribution is -0.123. The Morgan fingerprint density at radius 2 is 1.93 bits per heavy atom. The van der Waals surface area contributed by atoms with Crippen LogP contribution in [0.5, 0.6) is 0 Å². The van der Waals surface area contributed by atoms with E-state index < -0.39 is 0 Å². The van der Waals surface area contributed by atoms with Crippen LogP contribution in [0.25, 0.3) is 11.3 Å². The Balaban J connectivity index is 1.71. The summed E-state index contributed by atoms with van der Waals surface area (Å²) in [6, 6.07) is 9.94. The minimum atomic E-state index is -0.102. The highest BCUT2D eigenvalue weighted by atomic mass is 32.1. The zero-order valence-corrected chi connectivity index (χ0v) is 17.2. The molecular weight excluding hydrogens is 372 g/mol. The van der Waals surface area contributed by atoms with E-state index in [-0.39, 0.29) is 17.9 Å². The van der Waals surface area contributed by atoms with Crippen molar-refractivity contribution in [2.24, 2.45) is 5.92 Å². The molecule has 0 unspecified atom stereocenters. The largest absolute Gasteiger partial charge is 0.331 e. The van der Waals surface area contributed by atoms with Crippen LogP contribution in [0.1, 0.15) is 12.8 Å². The second kappa shape index (κ2) is 9.01. The topological polar surface area (TPSA) is 56.8 Å². The van der Waals surface area contributed by atoms with Gasteiger partial charge in [0.1, 0.15) is 0 Å². The third-order valence-electron chi connectivity index (χ3n) is 4.87. The van der Waals surface area contributed by atoms with Gasteiger partial charge >= 0.3 is 6.03 Å². The Morgan fingerprint density at radius 1 is 1.25 bits per heavy atom. The number of likely N-dealkylation sites (tertiary alicyclic amines) is 1. The Hall–Kier alpha value is -2.67. The van der Waals surface area contributed by atoms with Crippen molar-refractivity contribution in [1.29, 1.82) is 0 Å². The summed E-state index contributed by atoms with van der Waals surface area (Å²) < 4.78 is 0. The van der Waals surface area contributed by atoms with Gasteiger partial charge in [0.05, 0.1) is 5.69 Å². The van der Waals surface area contributed by atoms with Crippen LogP contribution < -0.4 is 4.90 Å². The van der Waals surface area contributed by atoms with Crippen LogP contribution in [-0.2, 0) is 4.79 Å². The average Bonchev–Trinajstić information content (AvgIpc) is 3.21. The number of benzene rings is 1. The summed E-state index contributed by atoms with van der Waals surface area (Å²) in [6.45, 7) is 5.43. The summed E-state index contributed by atoms with van der Waals surface area (Å²) in [5.41, 5.74) is 1.90. The van der Waals surface area contributed by atoms with Crippen molar-refractivity contribution in [1.82, 2.24) is 14.8 Å². The fourth-order valence-corrected chi connectivity index (χ4v) is 4.19. The average molecular weight is 399 g/mol. The number of amides is 3. The van der Waals surface area contributed by atoms with E-state index in [4.69, 9.17) is 0 Å². The molecule has 6 nitrogen and oxygen atoms in total. The van der Waals surface area contributed by atoms with E-state index in [0.29, 0.717) is 37.6 Å². The highest BCUT2D eigenvalue weighted by Crippen LogP contribution is 2.30. The first kappa shape index (κ1) is 20.1. The van der Waals surface area contributed by atoms with Crippen molar-refractivity contribution in [3.63, 3.8) is 0 Å². The molecule has 1 aliphatic heterocycles. The van der Waals surface area contributed by atoms with Gasteiger partial charge in [0.25, 0.3) is 0 Å². The molecule has 0 saturated carbocycles. The van der Waals surface area contributed by atoms with E-state index in [9.17, 15) is 9.59 Å². The number of urea groups is 1.